The summed E-state index contributed by atoms with van der Waals surface area (Å²) in [5, 5.41) is 10.3. The van der Waals surface area contributed by atoms with Gasteiger partial charge in [-0.3, -0.25) is 4.98 Å². The number of benzene rings is 1. The number of methoxy groups -OCH3 is 1. The van der Waals surface area contributed by atoms with Gasteiger partial charge in [-0.05, 0) is 30.3 Å². The molecule has 0 aliphatic heterocycles. The average Bonchev–Trinajstić information content (AvgIpc) is 2.29. The minimum atomic E-state index is 0.0875. The molecular weight excluding hydrogens is 226 g/mol. The molecule has 0 saturated carbocycles. The molecule has 0 aliphatic rings. The summed E-state index contributed by atoms with van der Waals surface area (Å²) in [6.07, 6.45) is 1.64. The summed E-state index contributed by atoms with van der Waals surface area (Å²) in [6, 6.07) is 8.45. The van der Waals surface area contributed by atoms with Crippen LogP contribution in [0.25, 0.3) is 11.3 Å². The Kier molecular flexibility index (Phi) is 2.97. The van der Waals surface area contributed by atoms with Gasteiger partial charge in [0.1, 0.15) is 17.2 Å². The second-order valence-corrected chi connectivity index (χ2v) is 3.65. The zero-order valence-corrected chi connectivity index (χ0v) is 9.40. The quantitative estimate of drug-likeness (QED) is 0.870. The molecule has 1 aromatic heterocycles. The summed E-state index contributed by atoms with van der Waals surface area (Å²) >= 11 is 5.77. The maximum Gasteiger partial charge on any atom is 0.145 e. The van der Waals surface area contributed by atoms with Crippen molar-refractivity contribution in [3.8, 4) is 22.8 Å². The number of halogens is 1. The highest BCUT2D eigenvalue weighted by Gasteiger charge is 2.10. The molecule has 2 aromatic rings. The molecule has 1 N–H and O–H groups in total. The number of aromatic hydroxyl groups is 1. The summed E-state index contributed by atoms with van der Waals surface area (Å²) in [7, 11) is 1.56. The molecule has 4 heteroatoms. The fraction of sp³-hybridized carbons (Fsp3) is 0.0833. The van der Waals surface area contributed by atoms with Crippen molar-refractivity contribution in [2.75, 3.05) is 7.11 Å². The molecule has 0 spiro atoms. The minimum absolute atomic E-state index is 0.0875. The largest absolute Gasteiger partial charge is 0.507 e. The second-order valence-electron chi connectivity index (χ2n) is 3.22. The third-order valence-corrected chi connectivity index (χ3v) is 2.44. The lowest BCUT2D eigenvalue weighted by Gasteiger charge is -2.08. The molecule has 0 atom stereocenters. The van der Waals surface area contributed by atoms with Crippen molar-refractivity contribution in [3.05, 3.63) is 41.6 Å². The van der Waals surface area contributed by atoms with Crippen molar-refractivity contribution in [2.45, 2.75) is 0 Å². The van der Waals surface area contributed by atoms with Gasteiger partial charge in [-0.1, -0.05) is 11.6 Å². The first-order valence-electron chi connectivity index (χ1n) is 4.70. The van der Waals surface area contributed by atoms with E-state index in [1.54, 1.807) is 37.6 Å². The van der Waals surface area contributed by atoms with Gasteiger partial charge in [-0.25, -0.2) is 0 Å². The van der Waals surface area contributed by atoms with Gasteiger partial charge in [0, 0.05) is 16.8 Å². The van der Waals surface area contributed by atoms with Crippen LogP contribution in [-0.2, 0) is 0 Å². The zero-order chi connectivity index (χ0) is 11.5. The Morgan fingerprint density at radius 3 is 2.81 bits per heavy atom. The van der Waals surface area contributed by atoms with Crippen LogP contribution in [0.5, 0.6) is 11.5 Å². The smallest absolute Gasteiger partial charge is 0.145 e. The maximum absolute atomic E-state index is 9.78. The lowest BCUT2D eigenvalue weighted by atomic mass is 10.1. The van der Waals surface area contributed by atoms with E-state index in [4.69, 9.17) is 16.3 Å². The van der Waals surface area contributed by atoms with Gasteiger partial charge in [-0.15, -0.1) is 0 Å². The van der Waals surface area contributed by atoms with Gasteiger partial charge < -0.3 is 9.84 Å². The molecule has 0 unspecified atom stereocenters. The molecule has 0 bridgehead atoms. The molecule has 16 heavy (non-hydrogen) atoms. The van der Waals surface area contributed by atoms with Crippen LogP contribution in [-0.4, -0.2) is 17.2 Å². The lowest BCUT2D eigenvalue weighted by molar-refractivity contribution is 0.414. The van der Waals surface area contributed by atoms with Gasteiger partial charge in [0.05, 0.1) is 7.11 Å². The van der Waals surface area contributed by atoms with Crippen LogP contribution in [0.3, 0.4) is 0 Å². The Hall–Kier alpha value is -1.74. The van der Waals surface area contributed by atoms with E-state index >= 15 is 0 Å². The van der Waals surface area contributed by atoms with E-state index in [-0.39, 0.29) is 5.75 Å². The van der Waals surface area contributed by atoms with E-state index in [0.717, 1.165) is 0 Å². The number of aromatic nitrogens is 1. The number of ether oxygens (including phenoxy) is 1. The Morgan fingerprint density at radius 1 is 1.31 bits per heavy atom. The van der Waals surface area contributed by atoms with Crippen molar-refractivity contribution >= 4 is 11.6 Å². The SMILES string of the molecule is COc1cccnc1-c1ccc(Cl)cc1O. The highest BCUT2D eigenvalue weighted by Crippen LogP contribution is 2.35. The average molecular weight is 236 g/mol. The minimum Gasteiger partial charge on any atom is -0.507 e. The fourth-order valence-corrected chi connectivity index (χ4v) is 1.63. The van der Waals surface area contributed by atoms with E-state index in [1.165, 1.54) is 6.07 Å². The van der Waals surface area contributed by atoms with E-state index in [9.17, 15) is 5.11 Å². The van der Waals surface area contributed by atoms with E-state index in [1.807, 2.05) is 0 Å². The molecule has 1 aromatic carbocycles. The van der Waals surface area contributed by atoms with Gasteiger partial charge in [0.15, 0.2) is 0 Å². The van der Waals surface area contributed by atoms with Crippen LogP contribution in [0.2, 0.25) is 5.02 Å². The Labute approximate surface area is 98.3 Å². The van der Waals surface area contributed by atoms with Crippen molar-refractivity contribution in [3.63, 3.8) is 0 Å². The van der Waals surface area contributed by atoms with E-state index in [0.29, 0.717) is 22.0 Å². The predicted molar refractivity (Wildman–Crippen MR) is 62.9 cm³/mol. The normalized spacial score (nSPS) is 10.1. The lowest BCUT2D eigenvalue weighted by Crippen LogP contribution is -1.90. The number of hydrogen-bond donors (Lipinski definition) is 1. The molecule has 0 amide bonds. The Morgan fingerprint density at radius 2 is 2.12 bits per heavy atom. The van der Waals surface area contributed by atoms with Crippen molar-refractivity contribution in [1.29, 1.82) is 0 Å². The van der Waals surface area contributed by atoms with Crippen LogP contribution in [0, 0.1) is 0 Å². The van der Waals surface area contributed by atoms with Crippen molar-refractivity contribution in [2.24, 2.45) is 0 Å². The molecule has 0 saturated heterocycles. The number of hydrogen-bond acceptors (Lipinski definition) is 3. The summed E-state index contributed by atoms with van der Waals surface area (Å²) in [5.74, 6) is 0.699. The monoisotopic (exact) mass is 235 g/mol. The van der Waals surface area contributed by atoms with Gasteiger partial charge in [0.25, 0.3) is 0 Å². The number of rotatable bonds is 2. The van der Waals surface area contributed by atoms with Crippen molar-refractivity contribution in [1.82, 2.24) is 4.98 Å². The highest BCUT2D eigenvalue weighted by molar-refractivity contribution is 6.30. The van der Waals surface area contributed by atoms with E-state index < -0.39 is 0 Å². The summed E-state index contributed by atoms with van der Waals surface area (Å²) in [5.41, 5.74) is 1.20. The Bertz CT molecular complexity index is 514. The Balaban J connectivity index is 2.58. The summed E-state index contributed by atoms with van der Waals surface area (Å²) in [6.45, 7) is 0. The topological polar surface area (TPSA) is 42.4 Å². The summed E-state index contributed by atoms with van der Waals surface area (Å²) in [4.78, 5) is 4.18. The fourth-order valence-electron chi connectivity index (χ4n) is 1.46. The molecule has 82 valence electrons. The number of pyridine rings is 1. The second kappa shape index (κ2) is 4.41. The predicted octanol–water partition coefficient (Wildman–Crippen LogP) is 3.12. The van der Waals surface area contributed by atoms with Crippen LogP contribution < -0.4 is 4.74 Å². The summed E-state index contributed by atoms with van der Waals surface area (Å²) < 4.78 is 5.18. The van der Waals surface area contributed by atoms with Gasteiger partial charge in [0.2, 0.25) is 0 Å². The zero-order valence-electron chi connectivity index (χ0n) is 8.64. The molecular formula is C12H10ClNO2. The first-order chi connectivity index (χ1) is 7.72. The highest BCUT2D eigenvalue weighted by atomic mass is 35.5. The number of phenolic OH excluding ortho intramolecular Hbond substituents is 1. The number of nitrogens with zero attached hydrogens (tertiary/aromatic N) is 1. The van der Waals surface area contributed by atoms with Gasteiger partial charge in [-0.2, -0.15) is 0 Å². The molecule has 2 rings (SSSR count). The maximum atomic E-state index is 9.78. The van der Waals surface area contributed by atoms with Crippen LogP contribution in [0.4, 0.5) is 0 Å². The van der Waals surface area contributed by atoms with E-state index in [2.05, 4.69) is 4.98 Å². The first kappa shape index (κ1) is 10.8. The molecule has 3 nitrogen and oxygen atoms in total. The third kappa shape index (κ3) is 1.95. The van der Waals surface area contributed by atoms with Crippen LogP contribution in [0.1, 0.15) is 0 Å². The standard InChI is InChI=1S/C12H10ClNO2/c1-16-11-3-2-6-14-12(11)9-5-4-8(13)7-10(9)15/h2-7,15H,1H3. The van der Waals surface area contributed by atoms with Crippen LogP contribution in [0.15, 0.2) is 36.5 Å². The third-order valence-electron chi connectivity index (χ3n) is 2.21. The molecule has 0 aliphatic carbocycles. The van der Waals surface area contributed by atoms with Gasteiger partial charge >= 0.3 is 0 Å². The number of phenols is 1. The van der Waals surface area contributed by atoms with Crippen LogP contribution >= 0.6 is 11.6 Å². The molecule has 0 radical (unpaired) electrons. The molecule has 0 fully saturated rings. The first-order valence-corrected chi connectivity index (χ1v) is 5.08. The molecule has 1 heterocycles. The van der Waals surface area contributed by atoms with Crippen molar-refractivity contribution < 1.29 is 9.84 Å².